The summed E-state index contributed by atoms with van der Waals surface area (Å²) in [5.41, 5.74) is 0.820. The highest BCUT2D eigenvalue weighted by molar-refractivity contribution is 5.83. The van der Waals surface area contributed by atoms with Gasteiger partial charge in [0.2, 0.25) is 5.91 Å². The van der Waals surface area contributed by atoms with Crippen molar-refractivity contribution in [1.29, 1.82) is 0 Å². The standard InChI is InChI=1S/C22H31NO2/c1-21(2,18-7-5-4-6-8-18)19(25-3)20(24)23-22-12-15-9-16(13-22)11-17(10-15)14-22/h4-8,15-17,19H,9-14H2,1-3H3,(H,23,24). The van der Waals surface area contributed by atoms with Crippen LogP contribution in [0.3, 0.4) is 0 Å². The molecule has 4 aliphatic carbocycles. The molecule has 3 nitrogen and oxygen atoms in total. The number of amides is 1. The van der Waals surface area contributed by atoms with Crippen LogP contribution in [0.2, 0.25) is 0 Å². The number of rotatable bonds is 5. The Bertz CT molecular complexity index is 601. The van der Waals surface area contributed by atoms with E-state index >= 15 is 0 Å². The van der Waals surface area contributed by atoms with Crippen molar-refractivity contribution in [2.75, 3.05) is 7.11 Å². The summed E-state index contributed by atoms with van der Waals surface area (Å²) in [4.78, 5) is 13.2. The van der Waals surface area contributed by atoms with Crippen LogP contribution in [0.25, 0.3) is 0 Å². The van der Waals surface area contributed by atoms with Crippen molar-refractivity contribution in [3.05, 3.63) is 35.9 Å². The molecule has 4 fully saturated rings. The minimum atomic E-state index is -0.470. The van der Waals surface area contributed by atoms with Crippen LogP contribution in [0, 0.1) is 17.8 Å². The smallest absolute Gasteiger partial charge is 0.250 e. The van der Waals surface area contributed by atoms with Crippen LogP contribution in [0.15, 0.2) is 30.3 Å². The number of hydrogen-bond donors (Lipinski definition) is 1. The van der Waals surface area contributed by atoms with E-state index in [1.807, 2.05) is 18.2 Å². The molecule has 0 aromatic heterocycles. The average Bonchev–Trinajstić information content (AvgIpc) is 2.54. The SMILES string of the molecule is COC(C(=O)NC12CC3CC(CC(C3)C1)C2)C(C)(C)c1ccccc1. The van der Waals surface area contributed by atoms with Crippen molar-refractivity contribution < 1.29 is 9.53 Å². The summed E-state index contributed by atoms with van der Waals surface area (Å²) in [6, 6.07) is 10.2. The first-order valence-corrected chi connectivity index (χ1v) is 9.82. The van der Waals surface area contributed by atoms with E-state index in [0.717, 1.165) is 23.3 Å². The van der Waals surface area contributed by atoms with Crippen molar-refractivity contribution >= 4 is 5.91 Å². The van der Waals surface area contributed by atoms with E-state index < -0.39 is 6.10 Å². The highest BCUT2D eigenvalue weighted by Crippen LogP contribution is 2.55. The second kappa shape index (κ2) is 6.12. The monoisotopic (exact) mass is 341 g/mol. The summed E-state index contributed by atoms with van der Waals surface area (Å²) in [5.74, 6) is 2.55. The van der Waals surface area contributed by atoms with Gasteiger partial charge >= 0.3 is 0 Å². The Labute approximate surface area is 151 Å². The fourth-order valence-electron chi connectivity index (χ4n) is 6.34. The molecule has 0 aliphatic heterocycles. The minimum Gasteiger partial charge on any atom is -0.371 e. The molecule has 1 N–H and O–H groups in total. The quantitative estimate of drug-likeness (QED) is 0.877. The molecular formula is C22H31NO2. The van der Waals surface area contributed by atoms with Gasteiger partial charge in [-0.2, -0.15) is 0 Å². The zero-order valence-electron chi connectivity index (χ0n) is 15.8. The molecule has 4 bridgehead atoms. The zero-order valence-corrected chi connectivity index (χ0v) is 15.8. The maximum Gasteiger partial charge on any atom is 0.250 e. The van der Waals surface area contributed by atoms with E-state index in [4.69, 9.17) is 4.74 Å². The molecule has 0 heterocycles. The normalized spacial score (nSPS) is 34.8. The number of benzene rings is 1. The number of carbonyl (C=O) groups excluding carboxylic acids is 1. The van der Waals surface area contributed by atoms with Gasteiger partial charge in [-0.1, -0.05) is 44.2 Å². The van der Waals surface area contributed by atoms with Crippen LogP contribution in [0.4, 0.5) is 0 Å². The zero-order chi connectivity index (χ0) is 17.7. The molecule has 1 atom stereocenters. The molecule has 4 saturated carbocycles. The van der Waals surface area contributed by atoms with Gasteiger partial charge in [0, 0.05) is 18.1 Å². The third kappa shape index (κ3) is 3.01. The van der Waals surface area contributed by atoms with Crippen molar-refractivity contribution in [1.82, 2.24) is 5.32 Å². The first kappa shape index (κ1) is 17.1. The van der Waals surface area contributed by atoms with Gasteiger partial charge in [0.25, 0.3) is 0 Å². The number of ether oxygens (including phenoxy) is 1. The number of carbonyl (C=O) groups is 1. The number of methoxy groups -OCH3 is 1. The predicted octanol–water partition coefficient (Wildman–Crippen LogP) is 4.06. The molecule has 25 heavy (non-hydrogen) atoms. The van der Waals surface area contributed by atoms with E-state index in [1.54, 1.807) is 7.11 Å². The molecule has 0 spiro atoms. The lowest BCUT2D eigenvalue weighted by Crippen LogP contribution is -2.62. The highest BCUT2D eigenvalue weighted by atomic mass is 16.5. The van der Waals surface area contributed by atoms with Crippen LogP contribution in [0.5, 0.6) is 0 Å². The first-order valence-electron chi connectivity index (χ1n) is 9.82. The van der Waals surface area contributed by atoms with Gasteiger partial charge in [-0.3, -0.25) is 4.79 Å². The first-order chi connectivity index (χ1) is 11.9. The van der Waals surface area contributed by atoms with E-state index in [0.29, 0.717) is 0 Å². The van der Waals surface area contributed by atoms with Crippen LogP contribution in [0.1, 0.15) is 57.9 Å². The molecule has 0 saturated heterocycles. The summed E-state index contributed by atoms with van der Waals surface area (Å²) in [6.07, 6.45) is 7.21. The molecule has 1 amide bonds. The highest BCUT2D eigenvalue weighted by Gasteiger charge is 2.52. The molecule has 5 rings (SSSR count). The topological polar surface area (TPSA) is 38.3 Å². The van der Waals surface area contributed by atoms with Crippen molar-refractivity contribution in [2.24, 2.45) is 17.8 Å². The summed E-state index contributed by atoms with van der Waals surface area (Å²) >= 11 is 0. The molecule has 1 unspecified atom stereocenters. The largest absolute Gasteiger partial charge is 0.371 e. The van der Waals surface area contributed by atoms with E-state index in [9.17, 15) is 4.79 Å². The van der Waals surface area contributed by atoms with Crippen LogP contribution < -0.4 is 5.32 Å². The third-order valence-corrected chi connectivity index (χ3v) is 7.07. The molecule has 1 aromatic carbocycles. The lowest BCUT2D eigenvalue weighted by molar-refractivity contribution is -0.140. The maximum atomic E-state index is 13.2. The molecular weight excluding hydrogens is 310 g/mol. The van der Waals surface area contributed by atoms with E-state index in [1.165, 1.54) is 38.5 Å². The summed E-state index contributed by atoms with van der Waals surface area (Å²) in [7, 11) is 1.66. The maximum absolute atomic E-state index is 13.2. The van der Waals surface area contributed by atoms with Crippen LogP contribution in [-0.2, 0) is 14.9 Å². The van der Waals surface area contributed by atoms with Gasteiger partial charge < -0.3 is 10.1 Å². The Morgan fingerprint density at radius 3 is 2.08 bits per heavy atom. The fraction of sp³-hybridized carbons (Fsp3) is 0.682. The predicted molar refractivity (Wildman–Crippen MR) is 99.3 cm³/mol. The summed E-state index contributed by atoms with van der Waals surface area (Å²) in [6.45, 7) is 4.21. The Hall–Kier alpha value is -1.35. The van der Waals surface area contributed by atoms with E-state index in [-0.39, 0.29) is 16.9 Å². The molecule has 1 aromatic rings. The molecule has 0 radical (unpaired) electrons. The third-order valence-electron chi connectivity index (χ3n) is 7.07. The average molecular weight is 341 g/mol. The molecule has 4 aliphatic rings. The van der Waals surface area contributed by atoms with Gasteiger partial charge in [0.15, 0.2) is 0 Å². The van der Waals surface area contributed by atoms with Gasteiger partial charge in [-0.25, -0.2) is 0 Å². The molecule has 136 valence electrons. The van der Waals surface area contributed by atoms with Gasteiger partial charge in [0.1, 0.15) is 6.10 Å². The minimum absolute atomic E-state index is 0.0371. The second-order valence-corrected chi connectivity index (χ2v) is 9.39. The van der Waals surface area contributed by atoms with Crippen molar-refractivity contribution in [2.45, 2.75) is 69.4 Å². The number of hydrogen-bond acceptors (Lipinski definition) is 2. The van der Waals surface area contributed by atoms with E-state index in [2.05, 4.69) is 31.3 Å². The lowest BCUT2D eigenvalue weighted by atomic mass is 9.53. The Balaban J connectivity index is 1.53. The number of nitrogens with one attached hydrogen (secondary N) is 1. The lowest BCUT2D eigenvalue weighted by Gasteiger charge is -2.57. The molecule has 3 heteroatoms. The van der Waals surface area contributed by atoms with Gasteiger partial charge in [-0.15, -0.1) is 0 Å². The van der Waals surface area contributed by atoms with Gasteiger partial charge in [0.05, 0.1) is 0 Å². The Morgan fingerprint density at radius 1 is 1.08 bits per heavy atom. The summed E-state index contributed by atoms with van der Waals surface area (Å²) < 4.78 is 5.73. The summed E-state index contributed by atoms with van der Waals surface area (Å²) in [5, 5.41) is 3.49. The van der Waals surface area contributed by atoms with Gasteiger partial charge in [-0.05, 0) is 61.8 Å². The van der Waals surface area contributed by atoms with Crippen LogP contribution >= 0.6 is 0 Å². The van der Waals surface area contributed by atoms with Crippen molar-refractivity contribution in [3.63, 3.8) is 0 Å². The Morgan fingerprint density at radius 2 is 1.60 bits per heavy atom. The fourth-order valence-corrected chi connectivity index (χ4v) is 6.34. The second-order valence-electron chi connectivity index (χ2n) is 9.39. The van der Waals surface area contributed by atoms with Crippen molar-refractivity contribution in [3.8, 4) is 0 Å². The van der Waals surface area contributed by atoms with Crippen LogP contribution in [-0.4, -0.2) is 24.7 Å². The Kier molecular flexibility index (Phi) is 4.18.